The normalized spacial score (nSPS) is 16.2. The van der Waals surface area contributed by atoms with Gasteiger partial charge in [-0.1, -0.05) is 0 Å². The van der Waals surface area contributed by atoms with E-state index < -0.39 is 4.92 Å². The molecule has 8 heteroatoms. The maximum Gasteiger partial charge on any atom is 0.311 e. The van der Waals surface area contributed by atoms with Gasteiger partial charge in [-0.15, -0.1) is 0 Å². The molecule has 2 rings (SSSR count). The van der Waals surface area contributed by atoms with Gasteiger partial charge in [-0.3, -0.25) is 14.9 Å². The number of ether oxygens (including phenoxy) is 2. The highest BCUT2D eigenvalue weighted by molar-refractivity contribution is 5.95. The molecule has 1 saturated heterocycles. The number of nitrogens with one attached hydrogen (secondary N) is 2. The van der Waals surface area contributed by atoms with Crippen molar-refractivity contribution < 1.29 is 19.2 Å². The van der Waals surface area contributed by atoms with Crippen LogP contribution in [-0.4, -0.2) is 50.8 Å². The van der Waals surface area contributed by atoms with Crippen LogP contribution < -0.4 is 15.4 Å². The molecule has 1 aromatic rings. The second-order valence-corrected chi connectivity index (χ2v) is 6.24. The van der Waals surface area contributed by atoms with Gasteiger partial charge in [0.25, 0.3) is 5.91 Å². The largest absolute Gasteiger partial charge is 0.487 e. The lowest BCUT2D eigenvalue weighted by molar-refractivity contribution is -0.385. The Labute approximate surface area is 147 Å². The molecular weight excluding hydrogens is 326 g/mol. The van der Waals surface area contributed by atoms with Crippen molar-refractivity contribution in [1.29, 1.82) is 0 Å². The highest BCUT2D eigenvalue weighted by Gasteiger charge is 2.32. The number of carbonyl (C=O) groups excluding carboxylic acids is 1. The van der Waals surface area contributed by atoms with Crippen molar-refractivity contribution in [3.8, 4) is 5.75 Å². The Morgan fingerprint density at radius 2 is 2.12 bits per heavy atom. The fraction of sp³-hybridized carbons (Fsp3) is 0.588. The van der Waals surface area contributed by atoms with E-state index >= 15 is 0 Å². The van der Waals surface area contributed by atoms with Crippen LogP contribution >= 0.6 is 0 Å². The summed E-state index contributed by atoms with van der Waals surface area (Å²) >= 11 is 0. The fourth-order valence-corrected chi connectivity index (χ4v) is 3.08. The Hall–Kier alpha value is -2.19. The van der Waals surface area contributed by atoms with Crippen molar-refractivity contribution in [1.82, 2.24) is 10.6 Å². The second-order valence-electron chi connectivity index (χ2n) is 6.24. The van der Waals surface area contributed by atoms with Gasteiger partial charge in [0, 0.05) is 30.7 Å². The Morgan fingerprint density at radius 1 is 1.40 bits per heavy atom. The molecule has 8 nitrogen and oxygen atoms in total. The number of rotatable bonds is 8. The Bertz CT molecular complexity index is 609. The maximum atomic E-state index is 12.4. The van der Waals surface area contributed by atoms with Crippen LogP contribution in [0.3, 0.4) is 0 Å². The molecule has 2 N–H and O–H groups in total. The van der Waals surface area contributed by atoms with Crippen molar-refractivity contribution in [2.45, 2.75) is 19.8 Å². The van der Waals surface area contributed by atoms with Crippen molar-refractivity contribution >= 4 is 11.6 Å². The standard InChI is InChI=1S/C17H25N3O5/c1-3-25-15-5-4-13(10-14(15)20(22)23)16(21)19-11-17(12-24-2)6-8-18-9-7-17/h4-5,10,18H,3,6-9,11-12H2,1-2H3,(H,19,21). The molecule has 0 saturated carbocycles. The zero-order valence-electron chi connectivity index (χ0n) is 14.7. The molecule has 0 radical (unpaired) electrons. The lowest BCUT2D eigenvalue weighted by Crippen LogP contribution is -2.47. The molecule has 1 aliphatic rings. The smallest absolute Gasteiger partial charge is 0.311 e. The number of amides is 1. The van der Waals surface area contributed by atoms with E-state index in [-0.39, 0.29) is 28.3 Å². The first-order chi connectivity index (χ1) is 12.0. The number of nitro groups is 1. The summed E-state index contributed by atoms with van der Waals surface area (Å²) in [7, 11) is 1.65. The van der Waals surface area contributed by atoms with E-state index in [4.69, 9.17) is 9.47 Å². The molecule has 0 spiro atoms. The van der Waals surface area contributed by atoms with Gasteiger partial charge in [0.2, 0.25) is 0 Å². The summed E-state index contributed by atoms with van der Waals surface area (Å²) in [5.41, 5.74) is -0.0630. The molecule has 1 aliphatic heterocycles. The fourth-order valence-electron chi connectivity index (χ4n) is 3.08. The van der Waals surface area contributed by atoms with E-state index in [1.54, 1.807) is 20.1 Å². The lowest BCUT2D eigenvalue weighted by Gasteiger charge is -2.37. The number of methoxy groups -OCH3 is 1. The maximum absolute atomic E-state index is 12.4. The van der Waals surface area contributed by atoms with Crippen molar-refractivity contribution in [3.63, 3.8) is 0 Å². The van der Waals surface area contributed by atoms with Crippen LogP contribution in [0.15, 0.2) is 18.2 Å². The number of hydrogen-bond donors (Lipinski definition) is 2. The van der Waals surface area contributed by atoms with E-state index in [9.17, 15) is 14.9 Å². The van der Waals surface area contributed by atoms with Crippen molar-refractivity contribution in [2.75, 3.05) is 40.0 Å². The van der Waals surface area contributed by atoms with Gasteiger partial charge in [0.1, 0.15) is 0 Å². The van der Waals surface area contributed by atoms with Gasteiger partial charge in [-0.05, 0) is 45.0 Å². The molecule has 1 heterocycles. The van der Waals surface area contributed by atoms with Crippen LogP contribution in [0.1, 0.15) is 30.1 Å². The molecule has 1 aromatic carbocycles. The molecule has 1 fully saturated rings. The zero-order valence-corrected chi connectivity index (χ0v) is 14.7. The molecule has 1 amide bonds. The third-order valence-electron chi connectivity index (χ3n) is 4.46. The topological polar surface area (TPSA) is 103 Å². The average molecular weight is 351 g/mol. The van der Waals surface area contributed by atoms with Gasteiger partial charge in [0.05, 0.1) is 18.1 Å². The Kier molecular flexibility index (Phi) is 6.72. The first kappa shape index (κ1) is 19.1. The van der Waals surface area contributed by atoms with Crippen LogP contribution in [-0.2, 0) is 4.74 Å². The minimum Gasteiger partial charge on any atom is -0.487 e. The predicted octanol–water partition coefficient (Wildman–Crippen LogP) is 1.74. The minimum atomic E-state index is -0.541. The number of nitro benzene ring substituents is 1. The third kappa shape index (κ3) is 4.90. The van der Waals surface area contributed by atoms with E-state index in [1.807, 2.05) is 0 Å². The highest BCUT2D eigenvalue weighted by atomic mass is 16.6. The Balaban J connectivity index is 2.09. The van der Waals surface area contributed by atoms with Gasteiger partial charge >= 0.3 is 5.69 Å². The molecule has 0 unspecified atom stereocenters. The summed E-state index contributed by atoms with van der Waals surface area (Å²) in [5.74, 6) is -0.168. The van der Waals surface area contributed by atoms with Crippen LogP contribution in [0.2, 0.25) is 0 Å². The van der Waals surface area contributed by atoms with Crippen LogP contribution in [0.5, 0.6) is 5.75 Å². The highest BCUT2D eigenvalue weighted by Crippen LogP contribution is 2.30. The van der Waals surface area contributed by atoms with Gasteiger partial charge in [-0.2, -0.15) is 0 Å². The molecular formula is C17H25N3O5. The number of carbonyl (C=O) groups is 1. The number of hydrogen-bond acceptors (Lipinski definition) is 6. The van der Waals surface area contributed by atoms with Crippen molar-refractivity contribution in [2.24, 2.45) is 5.41 Å². The number of benzene rings is 1. The van der Waals surface area contributed by atoms with Crippen LogP contribution in [0.25, 0.3) is 0 Å². The monoisotopic (exact) mass is 351 g/mol. The minimum absolute atomic E-state index is 0.104. The van der Waals surface area contributed by atoms with Gasteiger partial charge in [-0.25, -0.2) is 0 Å². The lowest BCUT2D eigenvalue weighted by atomic mass is 9.79. The number of piperidine rings is 1. The van der Waals surface area contributed by atoms with Gasteiger partial charge < -0.3 is 20.1 Å². The SMILES string of the molecule is CCOc1ccc(C(=O)NCC2(COC)CCNCC2)cc1[N+](=O)[O-]. The van der Waals surface area contributed by atoms with E-state index in [0.29, 0.717) is 19.8 Å². The molecule has 0 atom stereocenters. The first-order valence-corrected chi connectivity index (χ1v) is 8.40. The van der Waals surface area contributed by atoms with E-state index in [0.717, 1.165) is 25.9 Å². The van der Waals surface area contributed by atoms with Gasteiger partial charge in [0.15, 0.2) is 5.75 Å². The van der Waals surface area contributed by atoms with Crippen LogP contribution in [0.4, 0.5) is 5.69 Å². The molecule has 25 heavy (non-hydrogen) atoms. The van der Waals surface area contributed by atoms with E-state index in [2.05, 4.69) is 10.6 Å². The predicted molar refractivity (Wildman–Crippen MR) is 93.0 cm³/mol. The summed E-state index contributed by atoms with van der Waals surface area (Å²) < 4.78 is 10.6. The summed E-state index contributed by atoms with van der Waals surface area (Å²) in [4.78, 5) is 23.1. The average Bonchev–Trinajstić information content (AvgIpc) is 2.61. The molecule has 0 bridgehead atoms. The molecule has 138 valence electrons. The van der Waals surface area contributed by atoms with Crippen LogP contribution in [0, 0.1) is 15.5 Å². The number of nitrogens with zero attached hydrogens (tertiary/aromatic N) is 1. The summed E-state index contributed by atoms with van der Waals surface area (Å²) in [5, 5.41) is 17.4. The van der Waals surface area contributed by atoms with Crippen molar-refractivity contribution in [3.05, 3.63) is 33.9 Å². The molecule has 0 aromatic heterocycles. The summed E-state index contributed by atoms with van der Waals surface area (Å²) in [6.45, 7) is 4.88. The Morgan fingerprint density at radius 3 is 2.72 bits per heavy atom. The first-order valence-electron chi connectivity index (χ1n) is 8.40. The summed E-state index contributed by atoms with van der Waals surface area (Å²) in [6, 6.07) is 4.26. The second kappa shape index (κ2) is 8.77. The third-order valence-corrected chi connectivity index (χ3v) is 4.46. The quantitative estimate of drug-likeness (QED) is 0.546. The summed E-state index contributed by atoms with van der Waals surface area (Å²) in [6.07, 6.45) is 1.81. The molecule has 0 aliphatic carbocycles. The zero-order chi connectivity index (χ0) is 18.3. The van der Waals surface area contributed by atoms with E-state index in [1.165, 1.54) is 12.1 Å².